The topological polar surface area (TPSA) is 64.7 Å². The molecule has 0 aromatic heterocycles. The number of halogens is 4. The monoisotopic (exact) mass is 476 g/mol. The van der Waals surface area contributed by atoms with Crippen molar-refractivity contribution >= 4 is 11.8 Å². The highest BCUT2D eigenvalue weighted by molar-refractivity contribution is 5.82. The lowest BCUT2D eigenvalue weighted by molar-refractivity contribution is -0.202. The van der Waals surface area contributed by atoms with Crippen molar-refractivity contribution in [2.75, 3.05) is 19.6 Å². The molecular formula is C23H36F4N4O2. The van der Waals surface area contributed by atoms with Crippen LogP contribution in [0.15, 0.2) is 0 Å². The predicted octanol–water partition coefficient (Wildman–Crippen LogP) is 2.62. The van der Waals surface area contributed by atoms with Crippen LogP contribution in [-0.2, 0) is 9.59 Å². The SMILES string of the molecule is CC(=O)N1CCN([C@@H]2CCC[C@@H](NC(=O)C3CC4C(F)CCC(C)C4N3)C2)C[C@@H]1C(F)(F)F. The molecule has 2 aliphatic heterocycles. The van der Waals surface area contributed by atoms with E-state index in [1.165, 1.54) is 6.92 Å². The van der Waals surface area contributed by atoms with Gasteiger partial charge in [-0.25, -0.2) is 4.39 Å². The largest absolute Gasteiger partial charge is 0.410 e. The van der Waals surface area contributed by atoms with Crippen LogP contribution < -0.4 is 10.6 Å². The summed E-state index contributed by atoms with van der Waals surface area (Å²) in [6, 6.07) is -2.33. The van der Waals surface area contributed by atoms with Gasteiger partial charge < -0.3 is 15.5 Å². The summed E-state index contributed by atoms with van der Waals surface area (Å²) in [6.07, 6.45) is -0.469. The molecule has 4 fully saturated rings. The van der Waals surface area contributed by atoms with Gasteiger partial charge in [-0.15, -0.1) is 0 Å². The number of nitrogens with one attached hydrogen (secondary N) is 2. The molecule has 2 amide bonds. The van der Waals surface area contributed by atoms with Crippen molar-refractivity contribution in [1.82, 2.24) is 20.4 Å². The molecule has 6 nitrogen and oxygen atoms in total. The van der Waals surface area contributed by atoms with Gasteiger partial charge in [0.05, 0.1) is 6.04 Å². The van der Waals surface area contributed by atoms with Crippen molar-refractivity contribution in [3.63, 3.8) is 0 Å². The zero-order chi connectivity index (χ0) is 23.9. The first-order valence-corrected chi connectivity index (χ1v) is 12.3. The Hall–Kier alpha value is -1.42. The van der Waals surface area contributed by atoms with Gasteiger partial charge in [0.2, 0.25) is 11.8 Å². The van der Waals surface area contributed by atoms with E-state index >= 15 is 0 Å². The van der Waals surface area contributed by atoms with Gasteiger partial charge in [0.15, 0.2) is 0 Å². The summed E-state index contributed by atoms with van der Waals surface area (Å²) in [5.41, 5.74) is 0. The lowest BCUT2D eigenvalue weighted by atomic mass is 9.77. The van der Waals surface area contributed by atoms with Crippen LogP contribution >= 0.6 is 0 Å². The van der Waals surface area contributed by atoms with E-state index < -0.39 is 30.3 Å². The van der Waals surface area contributed by atoms with Crippen LogP contribution in [-0.4, -0.2) is 83.8 Å². The second-order valence-corrected chi connectivity index (χ2v) is 10.5. The van der Waals surface area contributed by atoms with Crippen molar-refractivity contribution in [2.45, 2.75) is 101 Å². The van der Waals surface area contributed by atoms with Gasteiger partial charge in [0.25, 0.3) is 0 Å². The maximum atomic E-state index is 14.4. The second-order valence-electron chi connectivity index (χ2n) is 10.5. The minimum atomic E-state index is -4.47. The Kier molecular flexibility index (Phi) is 7.24. The van der Waals surface area contributed by atoms with Crippen LogP contribution in [0, 0.1) is 11.8 Å². The number of carbonyl (C=O) groups is 2. The number of hydrogen-bond donors (Lipinski definition) is 2. The van der Waals surface area contributed by atoms with Crippen molar-refractivity contribution < 1.29 is 27.2 Å². The molecular weight excluding hydrogens is 440 g/mol. The number of rotatable bonds is 3. The van der Waals surface area contributed by atoms with E-state index in [2.05, 4.69) is 17.6 Å². The minimum absolute atomic E-state index is 0.0282. The van der Waals surface area contributed by atoms with E-state index in [1.54, 1.807) is 0 Å². The Labute approximate surface area is 192 Å². The summed E-state index contributed by atoms with van der Waals surface area (Å²) >= 11 is 0. The average Bonchev–Trinajstić information content (AvgIpc) is 3.23. The van der Waals surface area contributed by atoms with Gasteiger partial charge in [-0.3, -0.25) is 14.5 Å². The Morgan fingerprint density at radius 1 is 1.06 bits per heavy atom. The third-order valence-corrected chi connectivity index (χ3v) is 8.36. The van der Waals surface area contributed by atoms with Gasteiger partial charge in [0.1, 0.15) is 12.2 Å². The van der Waals surface area contributed by atoms with Crippen molar-refractivity contribution in [1.29, 1.82) is 0 Å². The first-order chi connectivity index (χ1) is 15.5. The van der Waals surface area contributed by atoms with E-state index in [-0.39, 0.29) is 43.0 Å². The molecule has 33 heavy (non-hydrogen) atoms. The molecule has 2 N–H and O–H groups in total. The molecule has 8 atom stereocenters. The van der Waals surface area contributed by atoms with Crippen LogP contribution in [0.3, 0.4) is 0 Å². The molecule has 0 bridgehead atoms. The molecule has 0 aromatic carbocycles. The predicted molar refractivity (Wildman–Crippen MR) is 115 cm³/mol. The molecule has 5 unspecified atom stereocenters. The molecule has 0 spiro atoms. The van der Waals surface area contributed by atoms with Crippen molar-refractivity contribution in [2.24, 2.45) is 11.8 Å². The maximum absolute atomic E-state index is 14.4. The van der Waals surface area contributed by atoms with Crippen molar-refractivity contribution in [3.8, 4) is 0 Å². The number of nitrogens with zero attached hydrogens (tertiary/aromatic N) is 2. The molecule has 2 aliphatic carbocycles. The van der Waals surface area contributed by atoms with Crippen LogP contribution in [0.2, 0.25) is 0 Å². The zero-order valence-corrected chi connectivity index (χ0v) is 19.4. The van der Waals surface area contributed by atoms with Gasteiger partial charge in [-0.2, -0.15) is 13.2 Å². The summed E-state index contributed by atoms with van der Waals surface area (Å²) in [4.78, 5) is 27.4. The molecule has 2 saturated heterocycles. The summed E-state index contributed by atoms with van der Waals surface area (Å²) < 4.78 is 55.1. The quantitative estimate of drug-likeness (QED) is 0.615. The van der Waals surface area contributed by atoms with E-state index in [1.807, 2.05) is 4.90 Å². The molecule has 2 heterocycles. The molecule has 188 valence electrons. The Balaban J connectivity index is 1.33. The fourth-order valence-corrected chi connectivity index (χ4v) is 6.52. The summed E-state index contributed by atoms with van der Waals surface area (Å²) in [7, 11) is 0. The normalized spacial score (nSPS) is 40.4. The average molecular weight is 477 g/mol. The molecule has 10 heteroatoms. The Morgan fingerprint density at radius 2 is 1.82 bits per heavy atom. The molecule has 0 radical (unpaired) electrons. The summed E-state index contributed by atoms with van der Waals surface area (Å²) in [5, 5.41) is 6.45. The standard InChI is InChI=1S/C23H36F4N4O2/c1-13-6-7-18(24)17-11-19(29-21(13)17)22(33)28-15-4-3-5-16(10-15)30-8-9-31(14(2)32)20(12-30)23(25,26)27/h13,15-21,29H,3-12H2,1-2H3,(H,28,33)/t13?,15-,16-,17?,18?,19?,20-,21?/m1/s1. The van der Waals surface area contributed by atoms with Gasteiger partial charge in [0, 0.05) is 50.6 Å². The Morgan fingerprint density at radius 3 is 2.48 bits per heavy atom. The van der Waals surface area contributed by atoms with E-state index in [0.29, 0.717) is 31.7 Å². The lowest BCUT2D eigenvalue weighted by Crippen LogP contribution is -2.62. The highest BCUT2D eigenvalue weighted by Crippen LogP contribution is 2.39. The highest BCUT2D eigenvalue weighted by Gasteiger charge is 2.49. The first kappa shape index (κ1) is 24.7. The number of alkyl halides is 4. The van der Waals surface area contributed by atoms with Gasteiger partial charge in [-0.1, -0.05) is 6.92 Å². The van der Waals surface area contributed by atoms with E-state index in [9.17, 15) is 27.2 Å². The number of fused-ring (bicyclic) bond motifs is 1. The number of amides is 2. The van der Waals surface area contributed by atoms with E-state index in [0.717, 1.165) is 30.6 Å². The molecule has 0 aromatic rings. The minimum Gasteiger partial charge on any atom is -0.352 e. The molecule has 4 rings (SSSR count). The number of piperazine rings is 1. The van der Waals surface area contributed by atoms with Crippen LogP contribution in [0.5, 0.6) is 0 Å². The summed E-state index contributed by atoms with van der Waals surface area (Å²) in [5.74, 6) is -0.459. The number of hydrogen-bond acceptors (Lipinski definition) is 4. The highest BCUT2D eigenvalue weighted by atomic mass is 19.4. The fourth-order valence-electron chi connectivity index (χ4n) is 6.52. The van der Waals surface area contributed by atoms with E-state index in [4.69, 9.17) is 0 Å². The third kappa shape index (κ3) is 5.31. The smallest absolute Gasteiger partial charge is 0.352 e. The van der Waals surface area contributed by atoms with Crippen LogP contribution in [0.1, 0.15) is 58.8 Å². The first-order valence-electron chi connectivity index (χ1n) is 12.3. The lowest BCUT2D eigenvalue weighted by Gasteiger charge is -2.46. The Bertz CT molecular complexity index is 718. The van der Waals surface area contributed by atoms with Gasteiger partial charge >= 0.3 is 6.18 Å². The summed E-state index contributed by atoms with van der Waals surface area (Å²) in [6.45, 7) is 3.52. The van der Waals surface area contributed by atoms with Crippen LogP contribution in [0.4, 0.5) is 17.6 Å². The van der Waals surface area contributed by atoms with Gasteiger partial charge in [-0.05, 0) is 50.9 Å². The molecule has 4 aliphatic rings. The number of carbonyl (C=O) groups excluding carboxylic acids is 2. The van der Waals surface area contributed by atoms with Crippen molar-refractivity contribution in [3.05, 3.63) is 0 Å². The molecule has 2 saturated carbocycles. The zero-order valence-electron chi connectivity index (χ0n) is 19.4. The second kappa shape index (κ2) is 9.68. The fraction of sp³-hybridized carbons (Fsp3) is 0.913. The van der Waals surface area contributed by atoms with Crippen LogP contribution in [0.25, 0.3) is 0 Å². The third-order valence-electron chi connectivity index (χ3n) is 8.36. The maximum Gasteiger partial charge on any atom is 0.410 e.